The van der Waals surface area contributed by atoms with Gasteiger partial charge in [-0.15, -0.1) is 5.34 Å². The Kier molecular flexibility index (Phi) is 47.3. The van der Waals surface area contributed by atoms with Gasteiger partial charge < -0.3 is 75.4 Å². The van der Waals surface area contributed by atoms with E-state index >= 15 is 0 Å². The molecular formula is C55H57Br6Cl6F6N12NaO9S3. The Morgan fingerprint density at radius 1 is 0.592 bits per heavy atom. The summed E-state index contributed by atoms with van der Waals surface area (Å²) in [4.78, 5) is 52.9. The number of nitrogen functional groups attached to an aromatic ring is 5. The predicted molar refractivity (Wildman–Crippen MR) is 408 cm³/mol. The number of primary amides is 1. The molecule has 43 heteroatoms. The standard InChI is InChI=1S/C9H18N2O2.C7HBrCl2FNS.C7H5BrClFN2O.C7H3BrClFN2S.C7H5BrClFN2S.C7H4BrClFNO2.C7H5BrFNO2.4CH4.HNO2.Na/c1-9(2,3)13-8(12)11-6-4-10-5-7-11;8-4-3(9)1-2-6(5(4)11)12-13-7(2)10;8-4-3(9)1-2(7(12)13)6(11)5(4)10;8-4-3(9)1-2-6(5(4)10)12-13-7(2)11;2*8-4-3(9)1-2(7(12)13)6(11)5(4)10;8-4-2-1-3(7(11)12)6(10)5(4)9;;;;;2-1-3;/h10H,4-7H2,1-3H3;1H;1H,11H2,(H2,12,13);1H,11H2;1H,11H2,(H2,12,13);1H,11H2,(H,12,13);1-2H,10H2,(H,11,12);4*1H4;(H,2,3);/q;;;;;;;;;;;;+1/p-1. The van der Waals surface area contributed by atoms with Crippen molar-refractivity contribution in [3.63, 3.8) is 0 Å². The fraction of sp³-hybridized carbons (Fsp3) is 0.218. The monoisotopic (exact) mass is 1950 g/mol. The number of carboxylic acids is 2. The predicted octanol–water partition coefficient (Wildman–Crippen LogP) is 17.3. The van der Waals surface area contributed by atoms with Crippen LogP contribution in [-0.4, -0.2) is 84.6 Å². The first kappa shape index (κ1) is 101. The topological polar surface area (TPSA) is 394 Å². The number of carboxylic acid groups (broad SMARTS) is 2. The molecule has 0 atom stereocenters. The third kappa shape index (κ3) is 28.5. The zero-order valence-corrected chi connectivity index (χ0v) is 66.0. The van der Waals surface area contributed by atoms with E-state index in [-0.39, 0.29) is 168 Å². The molecule has 0 unspecified atom stereocenters. The summed E-state index contributed by atoms with van der Waals surface area (Å²) in [5.41, 5.74) is 35.5. The zero-order chi connectivity index (χ0) is 71.6. The number of carbonyl (C=O) groups is 4. The second-order valence-corrected chi connectivity index (χ2v) is 27.5. The van der Waals surface area contributed by atoms with Crippen LogP contribution in [-0.2, 0) is 4.74 Å². The van der Waals surface area contributed by atoms with Crippen molar-refractivity contribution in [1.29, 1.82) is 0 Å². The van der Waals surface area contributed by atoms with Crippen LogP contribution in [0.25, 0.3) is 21.8 Å². The Morgan fingerprint density at radius 3 is 1.33 bits per heavy atom. The molecule has 1 fully saturated rings. The van der Waals surface area contributed by atoms with Gasteiger partial charge in [0.05, 0.1) is 91.4 Å². The Morgan fingerprint density at radius 2 is 0.929 bits per heavy atom. The van der Waals surface area contributed by atoms with Crippen molar-refractivity contribution in [2.45, 2.75) is 56.1 Å². The van der Waals surface area contributed by atoms with E-state index in [0.717, 1.165) is 60.7 Å². The third-order valence-corrected chi connectivity index (χ3v) is 19.8. The van der Waals surface area contributed by atoms with Gasteiger partial charge in [-0.3, -0.25) is 4.79 Å². The SMILES string of the molecule is C.C.C.C.CC(C)(C)OC(=O)N1CCNCC1.Fc1c(Br)c(Cl)cc2c(Cl)snc12.NC(=O)c1cc(Cl)c(Br)c(F)c1N.NC(=S)c1cc(Cl)c(Br)c(F)c1N.Nc1c(C(=O)O)cc(Cl)c(Br)c1F.Nc1c(C(=O)O)ccc(Br)c1F.Nc1snc2c(F)c(Br)c(Cl)cc12.O=N[O-].[Na+]. The number of rotatable bonds is 4. The van der Waals surface area contributed by atoms with E-state index in [0.29, 0.717) is 30.2 Å². The molecule has 2 amide bonds. The first-order valence-electron chi connectivity index (χ1n) is 24.0. The number of nitrogens with one attached hydrogen (secondary N) is 1. The molecule has 0 bridgehead atoms. The fourth-order valence-electron chi connectivity index (χ4n) is 6.30. The van der Waals surface area contributed by atoms with Gasteiger partial charge >= 0.3 is 47.6 Å². The minimum atomic E-state index is -1.31. The molecule has 1 saturated heterocycles. The molecule has 3 heterocycles. The van der Waals surface area contributed by atoms with Gasteiger partial charge in [-0.2, -0.15) is 8.75 Å². The largest absolute Gasteiger partial charge is 1.00 e. The second kappa shape index (κ2) is 46.1. The first-order valence-corrected chi connectivity index (χ1v) is 33.0. The van der Waals surface area contributed by atoms with E-state index in [1.54, 1.807) is 17.0 Å². The number of amides is 2. The number of carbonyl (C=O) groups excluding carboxylic acids is 2. The number of halogens is 18. The maximum absolute atomic E-state index is 13.4. The van der Waals surface area contributed by atoms with Crippen LogP contribution < -0.4 is 75.0 Å². The average molecular weight is 1960 g/mol. The fourth-order valence-corrected chi connectivity index (χ4v) is 10.8. The van der Waals surface area contributed by atoms with Gasteiger partial charge in [-0.1, -0.05) is 112 Å². The van der Waals surface area contributed by atoms with Crippen molar-refractivity contribution in [3.8, 4) is 0 Å². The first-order chi connectivity index (χ1) is 43.0. The third-order valence-electron chi connectivity index (χ3n) is 10.7. The maximum atomic E-state index is 13.4. The summed E-state index contributed by atoms with van der Waals surface area (Å²) in [7, 11) is 0. The van der Waals surface area contributed by atoms with E-state index in [1.807, 2.05) is 20.8 Å². The molecule has 0 aliphatic carbocycles. The van der Waals surface area contributed by atoms with E-state index in [2.05, 4.69) is 122 Å². The summed E-state index contributed by atoms with van der Waals surface area (Å²) in [6.45, 7) is 8.86. The van der Waals surface area contributed by atoms with Gasteiger partial charge in [-0.25, -0.2) is 40.7 Å². The molecule has 1 aliphatic rings. The molecule has 0 saturated carbocycles. The van der Waals surface area contributed by atoms with Crippen molar-refractivity contribution >= 4 is 279 Å². The number of hydrogen-bond acceptors (Lipinski definition) is 19. The summed E-state index contributed by atoms with van der Waals surface area (Å²) in [5, 5.41) is 31.7. The summed E-state index contributed by atoms with van der Waals surface area (Å²) < 4.78 is 93.4. The number of benzene rings is 6. The summed E-state index contributed by atoms with van der Waals surface area (Å²) in [6, 6.07) is 9.46. The quantitative estimate of drug-likeness (QED) is 0.0149. The second-order valence-electron chi connectivity index (χ2n) is 18.1. The minimum absolute atomic E-state index is 0. The van der Waals surface area contributed by atoms with Gasteiger partial charge in [0.2, 0.25) is 0 Å². The molecule has 98 heavy (non-hydrogen) atoms. The summed E-state index contributed by atoms with van der Waals surface area (Å²) in [5.74, 6) is -7.31. The molecule has 1 aliphatic heterocycles. The number of piperazine rings is 1. The summed E-state index contributed by atoms with van der Waals surface area (Å²) >= 11 is 58.4. The Bertz CT molecular complexity index is 3880. The van der Waals surface area contributed by atoms with Crippen molar-refractivity contribution in [2.75, 3.05) is 54.8 Å². The number of hydrogen-bond donors (Lipinski definition) is 10. The van der Waals surface area contributed by atoms with E-state index in [1.165, 1.54) is 24.3 Å². The van der Waals surface area contributed by atoms with Crippen LogP contribution in [0.1, 0.15) is 87.1 Å². The normalized spacial score (nSPS) is 10.7. The molecule has 0 spiro atoms. The van der Waals surface area contributed by atoms with Gasteiger partial charge in [0, 0.05) is 42.5 Å². The Hall–Kier alpha value is -3.77. The zero-order valence-electron chi connectivity index (χ0n) is 47.5. The number of ether oxygens (including phenoxy) is 1. The Labute approximate surface area is 674 Å². The molecule has 2 aromatic heterocycles. The number of nitrogens with two attached hydrogens (primary N) is 7. The number of nitrogens with zero attached hydrogens (tertiary/aromatic N) is 4. The molecule has 9 rings (SSSR count). The number of thiocarbonyl (C=S) groups is 1. The minimum Gasteiger partial charge on any atom is -0.478 e. The Balaban J connectivity index is -0.000000518. The van der Waals surface area contributed by atoms with Gasteiger partial charge in [0.25, 0.3) is 5.91 Å². The molecule has 21 nitrogen and oxygen atoms in total. The van der Waals surface area contributed by atoms with E-state index in [9.17, 15) is 45.5 Å². The number of aromatic nitrogens is 2. The van der Waals surface area contributed by atoms with Crippen LogP contribution in [0.4, 0.5) is 58.9 Å². The number of anilines is 5. The van der Waals surface area contributed by atoms with Crippen LogP contribution in [0.2, 0.25) is 29.4 Å². The van der Waals surface area contributed by atoms with Crippen molar-refractivity contribution in [3.05, 3.63) is 166 Å². The van der Waals surface area contributed by atoms with Gasteiger partial charge in [0.15, 0.2) is 34.9 Å². The van der Waals surface area contributed by atoms with Crippen LogP contribution in [0.3, 0.4) is 0 Å². The molecule has 17 N–H and O–H groups in total. The van der Waals surface area contributed by atoms with Crippen molar-refractivity contribution in [1.82, 2.24) is 19.0 Å². The van der Waals surface area contributed by atoms with Crippen LogP contribution in [0, 0.1) is 45.0 Å². The molecule has 0 radical (unpaired) electrons. The van der Waals surface area contributed by atoms with Gasteiger partial charge in [-0.05, 0) is 182 Å². The number of fused-ring (bicyclic) bond motifs is 2. The molecular weight excluding hydrogens is 1900 g/mol. The van der Waals surface area contributed by atoms with Crippen LogP contribution >= 0.6 is 200 Å². The summed E-state index contributed by atoms with van der Waals surface area (Å²) in [6.07, 6.45) is -0.200. The van der Waals surface area contributed by atoms with Crippen molar-refractivity contribution in [2.24, 2.45) is 16.8 Å². The smallest absolute Gasteiger partial charge is 0.478 e. The molecule has 6 aromatic carbocycles. The molecule has 8 aromatic rings. The van der Waals surface area contributed by atoms with E-state index < -0.39 is 58.4 Å². The van der Waals surface area contributed by atoms with Crippen LogP contribution in [0.15, 0.2) is 74.6 Å². The average Bonchev–Trinajstić information content (AvgIpc) is 1.60. The van der Waals surface area contributed by atoms with Crippen molar-refractivity contribution < 1.29 is 90.0 Å². The van der Waals surface area contributed by atoms with E-state index in [4.69, 9.17) is 135 Å². The van der Waals surface area contributed by atoms with Gasteiger partial charge in [0.1, 0.15) is 31.0 Å². The molecule has 536 valence electrons. The van der Waals surface area contributed by atoms with Crippen LogP contribution in [0.5, 0.6) is 0 Å². The maximum Gasteiger partial charge on any atom is 1.00 e. The number of aromatic carboxylic acids is 2.